The number of carbonyl (C=O) groups excluding carboxylic acids is 1. The smallest absolute Gasteiger partial charge is 0.415 e. The van der Waals surface area contributed by atoms with Crippen LogP contribution in [0.4, 0.5) is 4.79 Å². The van der Waals surface area contributed by atoms with Crippen molar-refractivity contribution in [3.8, 4) is 11.5 Å². The summed E-state index contributed by atoms with van der Waals surface area (Å²) in [6.45, 7) is 3.13. The van der Waals surface area contributed by atoms with Crippen LogP contribution in [0.5, 0.6) is 11.5 Å². The number of hydrogen-bond acceptors (Lipinski definition) is 6. The van der Waals surface area contributed by atoms with Crippen molar-refractivity contribution >= 4 is 47.0 Å². The topological polar surface area (TPSA) is 85.3 Å². The van der Waals surface area contributed by atoms with Crippen LogP contribution in [0, 0.1) is 0 Å². The van der Waals surface area contributed by atoms with Crippen LogP contribution < -0.4 is 9.47 Å². The number of aliphatic carboxylic acids is 1. The molecule has 1 N–H and O–H groups in total. The minimum Gasteiger partial charge on any atom is -0.492 e. The van der Waals surface area contributed by atoms with Gasteiger partial charge >= 0.3 is 12.1 Å². The standard InChI is InChI=1S/C30H33Cl2NO6S/c1-2-37-28(29(34)35)19-22-9-12-25(13-10-22)38-17-16-33(15-6-18-40-21-23-7-4-3-5-8-23)30(36)39-27-14-11-24(31)20-26(27)32/h3-5,7-14,20,28H,2,6,15-19,21H2,1H3,(H,34,35). The Morgan fingerprint density at radius 1 is 0.975 bits per heavy atom. The fourth-order valence-corrected chi connectivity index (χ4v) is 5.11. The van der Waals surface area contributed by atoms with E-state index in [9.17, 15) is 14.7 Å². The molecule has 7 nitrogen and oxygen atoms in total. The van der Waals surface area contributed by atoms with Gasteiger partial charge in [0.2, 0.25) is 0 Å². The van der Waals surface area contributed by atoms with Crippen LogP contribution in [0.25, 0.3) is 0 Å². The summed E-state index contributed by atoms with van der Waals surface area (Å²) in [6.07, 6.45) is -0.373. The number of halogens is 2. The molecule has 0 aromatic heterocycles. The molecule has 0 aliphatic heterocycles. The van der Waals surface area contributed by atoms with E-state index >= 15 is 0 Å². The summed E-state index contributed by atoms with van der Waals surface area (Å²) in [5.74, 6) is 1.64. The number of nitrogens with zero attached hydrogens (tertiary/aromatic N) is 1. The minimum absolute atomic E-state index is 0.239. The molecule has 3 rings (SSSR count). The van der Waals surface area contributed by atoms with Crippen LogP contribution in [0.1, 0.15) is 24.5 Å². The summed E-state index contributed by atoms with van der Waals surface area (Å²) in [6, 6.07) is 22.1. The van der Waals surface area contributed by atoms with Crippen LogP contribution in [0.2, 0.25) is 10.0 Å². The van der Waals surface area contributed by atoms with E-state index in [1.807, 2.05) is 42.1 Å². The van der Waals surface area contributed by atoms with E-state index in [1.54, 1.807) is 36.1 Å². The number of ether oxygens (including phenoxy) is 3. The average Bonchev–Trinajstić information content (AvgIpc) is 2.94. The van der Waals surface area contributed by atoms with E-state index in [0.717, 1.165) is 23.5 Å². The largest absolute Gasteiger partial charge is 0.492 e. The van der Waals surface area contributed by atoms with Crippen LogP contribution in [-0.2, 0) is 21.7 Å². The molecule has 3 aromatic rings. The zero-order chi connectivity index (χ0) is 28.7. The van der Waals surface area contributed by atoms with Gasteiger partial charge in [-0.15, -0.1) is 0 Å². The van der Waals surface area contributed by atoms with Gasteiger partial charge in [-0.2, -0.15) is 11.8 Å². The highest BCUT2D eigenvalue weighted by atomic mass is 35.5. The van der Waals surface area contributed by atoms with Crippen LogP contribution in [0.15, 0.2) is 72.8 Å². The fraction of sp³-hybridized carbons (Fsp3) is 0.333. The normalized spacial score (nSPS) is 11.6. The highest BCUT2D eigenvalue weighted by Gasteiger charge is 2.19. The molecule has 0 radical (unpaired) electrons. The maximum Gasteiger partial charge on any atom is 0.415 e. The predicted octanol–water partition coefficient (Wildman–Crippen LogP) is 7.23. The van der Waals surface area contributed by atoms with Crippen molar-refractivity contribution in [3.05, 3.63) is 94.0 Å². The van der Waals surface area contributed by atoms with Gasteiger partial charge in [0.25, 0.3) is 0 Å². The molecule has 0 heterocycles. The van der Waals surface area contributed by atoms with Gasteiger partial charge in [-0.1, -0.05) is 65.7 Å². The Balaban J connectivity index is 1.53. The summed E-state index contributed by atoms with van der Waals surface area (Å²) in [5, 5.41) is 10.00. The van der Waals surface area contributed by atoms with Crippen molar-refractivity contribution in [2.45, 2.75) is 31.6 Å². The molecule has 0 aliphatic rings. The average molecular weight is 607 g/mol. The molecule has 1 atom stereocenters. The van der Waals surface area contributed by atoms with Crippen LogP contribution in [0.3, 0.4) is 0 Å². The lowest BCUT2D eigenvalue weighted by Crippen LogP contribution is -2.37. The Kier molecular flexibility index (Phi) is 13.5. The molecule has 3 aromatic carbocycles. The molecule has 0 aliphatic carbocycles. The number of carboxylic acids is 1. The summed E-state index contributed by atoms with van der Waals surface area (Å²) in [4.78, 5) is 26.0. The molecule has 10 heteroatoms. The first-order chi connectivity index (χ1) is 19.4. The van der Waals surface area contributed by atoms with E-state index in [1.165, 1.54) is 11.6 Å². The number of amides is 1. The third-order valence-electron chi connectivity index (χ3n) is 5.80. The molecule has 1 unspecified atom stereocenters. The highest BCUT2D eigenvalue weighted by Crippen LogP contribution is 2.28. The zero-order valence-electron chi connectivity index (χ0n) is 22.3. The molecule has 0 bridgehead atoms. The van der Waals surface area contributed by atoms with Gasteiger partial charge in [0.15, 0.2) is 11.9 Å². The second-order valence-corrected chi connectivity index (χ2v) is 10.7. The molecule has 0 saturated heterocycles. The quantitative estimate of drug-likeness (QED) is 0.172. The van der Waals surface area contributed by atoms with Gasteiger partial charge in [-0.3, -0.25) is 0 Å². The van der Waals surface area contributed by atoms with Gasteiger partial charge in [-0.05, 0) is 60.6 Å². The molecular formula is C30H33Cl2NO6S. The van der Waals surface area contributed by atoms with E-state index in [4.69, 9.17) is 37.4 Å². The van der Waals surface area contributed by atoms with Gasteiger partial charge in [0, 0.05) is 30.3 Å². The Morgan fingerprint density at radius 3 is 2.40 bits per heavy atom. The van der Waals surface area contributed by atoms with Crippen LogP contribution in [-0.4, -0.2) is 60.2 Å². The number of benzene rings is 3. The summed E-state index contributed by atoms with van der Waals surface area (Å²) >= 11 is 14.0. The maximum atomic E-state index is 13.0. The lowest BCUT2D eigenvalue weighted by atomic mass is 10.1. The second kappa shape index (κ2) is 17.0. The third-order valence-corrected chi connectivity index (χ3v) is 7.44. The number of carbonyl (C=O) groups is 2. The van der Waals surface area contributed by atoms with Gasteiger partial charge in [-0.25, -0.2) is 9.59 Å². The van der Waals surface area contributed by atoms with Gasteiger partial charge in [0.05, 0.1) is 11.6 Å². The predicted molar refractivity (Wildman–Crippen MR) is 160 cm³/mol. The van der Waals surface area contributed by atoms with E-state index < -0.39 is 18.2 Å². The molecule has 0 fully saturated rings. The third kappa shape index (κ3) is 10.9. The molecular weight excluding hydrogens is 573 g/mol. The molecule has 1 amide bonds. The number of thioether (sulfide) groups is 1. The number of hydrogen-bond donors (Lipinski definition) is 1. The van der Waals surface area contributed by atoms with Crippen molar-refractivity contribution in [3.63, 3.8) is 0 Å². The molecule has 40 heavy (non-hydrogen) atoms. The summed E-state index contributed by atoms with van der Waals surface area (Å²) in [7, 11) is 0. The van der Waals surface area contributed by atoms with Gasteiger partial charge < -0.3 is 24.2 Å². The fourth-order valence-electron chi connectivity index (χ4n) is 3.76. The Labute approximate surface area is 249 Å². The molecule has 0 saturated carbocycles. The van der Waals surface area contributed by atoms with Crippen LogP contribution >= 0.6 is 35.0 Å². The lowest BCUT2D eigenvalue weighted by Gasteiger charge is -2.22. The van der Waals surface area contributed by atoms with E-state index in [-0.39, 0.29) is 23.8 Å². The van der Waals surface area contributed by atoms with E-state index in [2.05, 4.69) is 12.1 Å². The Hall–Kier alpha value is -2.91. The van der Waals surface area contributed by atoms with Crippen molar-refractivity contribution < 1.29 is 28.9 Å². The number of rotatable bonds is 16. The monoisotopic (exact) mass is 605 g/mol. The highest BCUT2D eigenvalue weighted by molar-refractivity contribution is 7.98. The first kappa shape index (κ1) is 31.6. The lowest BCUT2D eigenvalue weighted by molar-refractivity contribution is -0.149. The molecule has 214 valence electrons. The van der Waals surface area contributed by atoms with Crippen molar-refractivity contribution in [1.82, 2.24) is 4.90 Å². The van der Waals surface area contributed by atoms with Crippen molar-refractivity contribution in [1.29, 1.82) is 0 Å². The summed E-state index contributed by atoms with van der Waals surface area (Å²) < 4.78 is 16.7. The Morgan fingerprint density at radius 2 is 1.73 bits per heavy atom. The second-order valence-electron chi connectivity index (χ2n) is 8.80. The van der Waals surface area contributed by atoms with E-state index in [0.29, 0.717) is 30.5 Å². The number of carboxylic acid groups (broad SMARTS) is 1. The minimum atomic E-state index is -0.993. The first-order valence-electron chi connectivity index (χ1n) is 12.9. The van der Waals surface area contributed by atoms with Crippen molar-refractivity contribution in [2.24, 2.45) is 0 Å². The summed E-state index contributed by atoms with van der Waals surface area (Å²) in [5.41, 5.74) is 2.09. The zero-order valence-corrected chi connectivity index (χ0v) is 24.6. The van der Waals surface area contributed by atoms with Gasteiger partial charge in [0.1, 0.15) is 12.4 Å². The molecule has 0 spiro atoms. The maximum absolute atomic E-state index is 13.0. The van der Waals surface area contributed by atoms with Crippen molar-refractivity contribution in [2.75, 3.05) is 32.1 Å². The Bertz CT molecular complexity index is 1210. The first-order valence-corrected chi connectivity index (χ1v) is 14.9. The SMILES string of the molecule is CCOC(Cc1ccc(OCCN(CCCSCc2ccccc2)C(=O)Oc2ccc(Cl)cc2Cl)cc1)C(=O)O.